The Kier molecular flexibility index (Phi) is 5.38. The first-order valence-corrected chi connectivity index (χ1v) is 7.66. The molecule has 1 aromatic heterocycles. The Labute approximate surface area is 131 Å². The van der Waals surface area contributed by atoms with Gasteiger partial charge in [0.25, 0.3) is 0 Å². The monoisotopic (exact) mass is 323 g/mol. The van der Waals surface area contributed by atoms with E-state index in [0.29, 0.717) is 4.88 Å². The maximum Gasteiger partial charge on any atom is 0.220 e. The molecule has 0 aliphatic heterocycles. The highest BCUT2D eigenvalue weighted by Crippen LogP contribution is 2.18. The number of halogens is 2. The molecule has 1 aromatic carbocycles. The van der Waals surface area contributed by atoms with Gasteiger partial charge < -0.3 is 5.32 Å². The van der Waals surface area contributed by atoms with Gasteiger partial charge in [0, 0.05) is 24.5 Å². The van der Waals surface area contributed by atoms with Crippen molar-refractivity contribution in [2.45, 2.75) is 25.8 Å². The Morgan fingerprint density at radius 1 is 1.23 bits per heavy atom. The van der Waals surface area contributed by atoms with Crippen LogP contribution >= 0.6 is 11.3 Å². The molecule has 1 heterocycles. The maximum atomic E-state index is 13.6. The van der Waals surface area contributed by atoms with E-state index in [2.05, 4.69) is 5.32 Å². The Balaban J connectivity index is 1.87. The van der Waals surface area contributed by atoms with Crippen LogP contribution in [0, 0.1) is 11.6 Å². The Bertz CT molecular complexity index is 671. The average molecular weight is 323 g/mol. The molecule has 2 aromatic rings. The van der Waals surface area contributed by atoms with Gasteiger partial charge >= 0.3 is 0 Å². The molecule has 0 spiro atoms. The molecular weight excluding hydrogens is 308 g/mol. The molecule has 116 valence electrons. The smallest absolute Gasteiger partial charge is 0.220 e. The average Bonchev–Trinajstić information content (AvgIpc) is 2.98. The van der Waals surface area contributed by atoms with Crippen LogP contribution in [0.2, 0.25) is 0 Å². The third kappa shape index (κ3) is 4.21. The molecule has 0 saturated heterocycles. The number of rotatable bonds is 6. The van der Waals surface area contributed by atoms with Crippen LogP contribution in [-0.4, -0.2) is 11.7 Å². The number of ketones is 1. The van der Waals surface area contributed by atoms with Crippen LogP contribution < -0.4 is 5.32 Å². The molecule has 2 rings (SSSR count). The van der Waals surface area contributed by atoms with Crippen LogP contribution in [0.25, 0.3) is 0 Å². The number of carbonyl (C=O) groups is 2. The summed E-state index contributed by atoms with van der Waals surface area (Å²) in [5.41, 5.74) is 0.208. The molecular formula is C16H15F2NO2S. The summed E-state index contributed by atoms with van der Waals surface area (Å²) in [5, 5.41) is 4.41. The lowest BCUT2D eigenvalue weighted by molar-refractivity contribution is -0.121. The highest BCUT2D eigenvalue weighted by molar-refractivity contribution is 7.12. The minimum Gasteiger partial charge on any atom is -0.349 e. The number of thiophene rings is 1. The van der Waals surface area contributed by atoms with E-state index in [0.717, 1.165) is 12.1 Å². The number of Topliss-reactive ketones (excluding diaryl/α,β-unsaturated/α-hetero) is 1. The molecule has 0 radical (unpaired) electrons. The lowest BCUT2D eigenvalue weighted by atomic mass is 10.1. The van der Waals surface area contributed by atoms with Crippen molar-refractivity contribution >= 4 is 23.0 Å². The van der Waals surface area contributed by atoms with Gasteiger partial charge in [0.2, 0.25) is 5.91 Å². The van der Waals surface area contributed by atoms with E-state index < -0.39 is 17.7 Å². The first kappa shape index (κ1) is 16.3. The molecule has 0 aliphatic carbocycles. The van der Waals surface area contributed by atoms with E-state index in [-0.39, 0.29) is 30.1 Å². The zero-order valence-electron chi connectivity index (χ0n) is 11.9. The molecule has 0 saturated carbocycles. The predicted octanol–water partition coefficient (Wildman–Crippen LogP) is 3.87. The first-order chi connectivity index (χ1) is 10.5. The zero-order valence-corrected chi connectivity index (χ0v) is 12.8. The Hall–Kier alpha value is -2.08. The lowest BCUT2D eigenvalue weighted by Gasteiger charge is -2.15. The lowest BCUT2D eigenvalue weighted by Crippen LogP contribution is -2.27. The van der Waals surface area contributed by atoms with Crippen LogP contribution in [-0.2, 0) is 4.79 Å². The van der Waals surface area contributed by atoms with Crippen LogP contribution in [0.5, 0.6) is 0 Å². The van der Waals surface area contributed by atoms with Crippen molar-refractivity contribution in [1.82, 2.24) is 5.32 Å². The summed E-state index contributed by atoms with van der Waals surface area (Å²) in [6.07, 6.45) is 0.134. The third-order valence-corrected chi connectivity index (χ3v) is 4.09. The van der Waals surface area contributed by atoms with E-state index in [1.54, 1.807) is 24.4 Å². The topological polar surface area (TPSA) is 46.2 Å². The van der Waals surface area contributed by atoms with Gasteiger partial charge in [0.15, 0.2) is 5.78 Å². The normalized spacial score (nSPS) is 12.0. The van der Waals surface area contributed by atoms with Crippen molar-refractivity contribution < 1.29 is 18.4 Å². The highest BCUT2D eigenvalue weighted by Gasteiger charge is 2.15. The largest absolute Gasteiger partial charge is 0.349 e. The Morgan fingerprint density at radius 2 is 2.00 bits per heavy atom. The van der Waals surface area contributed by atoms with E-state index in [1.807, 2.05) is 0 Å². The SMILES string of the molecule is CC(NC(=O)CCC(=O)c1cccs1)c1ccc(F)cc1F. The number of carbonyl (C=O) groups excluding carboxylic acids is 2. The second-order valence-electron chi connectivity index (χ2n) is 4.86. The molecule has 6 heteroatoms. The summed E-state index contributed by atoms with van der Waals surface area (Å²) >= 11 is 1.33. The fourth-order valence-electron chi connectivity index (χ4n) is 2.03. The summed E-state index contributed by atoms with van der Waals surface area (Å²) in [7, 11) is 0. The van der Waals surface area contributed by atoms with Crippen molar-refractivity contribution in [1.29, 1.82) is 0 Å². The van der Waals surface area contributed by atoms with Crippen molar-refractivity contribution in [3.8, 4) is 0 Å². The van der Waals surface area contributed by atoms with Gasteiger partial charge in [0.1, 0.15) is 11.6 Å². The molecule has 22 heavy (non-hydrogen) atoms. The van der Waals surface area contributed by atoms with Gasteiger partial charge in [-0.2, -0.15) is 0 Å². The van der Waals surface area contributed by atoms with Crippen LogP contribution in [0.1, 0.15) is 41.0 Å². The second kappa shape index (κ2) is 7.26. The van der Waals surface area contributed by atoms with E-state index in [1.165, 1.54) is 17.4 Å². The minimum atomic E-state index is -0.706. The van der Waals surface area contributed by atoms with E-state index in [9.17, 15) is 18.4 Å². The standard InChI is InChI=1S/C16H15F2NO2S/c1-10(12-5-4-11(17)9-13(12)18)19-16(21)7-6-14(20)15-3-2-8-22-15/h2-5,8-10H,6-7H2,1H3,(H,19,21). The van der Waals surface area contributed by atoms with Gasteiger partial charge in [-0.1, -0.05) is 12.1 Å². The Morgan fingerprint density at radius 3 is 2.64 bits per heavy atom. The van der Waals surface area contributed by atoms with Gasteiger partial charge in [-0.05, 0) is 24.4 Å². The molecule has 1 atom stereocenters. The number of nitrogens with one attached hydrogen (secondary N) is 1. The second-order valence-corrected chi connectivity index (χ2v) is 5.80. The van der Waals surface area contributed by atoms with Crippen LogP contribution in [0.15, 0.2) is 35.7 Å². The molecule has 0 fully saturated rings. The summed E-state index contributed by atoms with van der Waals surface area (Å²) in [6, 6.07) is 6.11. The summed E-state index contributed by atoms with van der Waals surface area (Å²) in [5.74, 6) is -1.81. The summed E-state index contributed by atoms with van der Waals surface area (Å²) in [6.45, 7) is 1.61. The number of hydrogen-bond donors (Lipinski definition) is 1. The van der Waals surface area contributed by atoms with Crippen molar-refractivity contribution in [3.63, 3.8) is 0 Å². The first-order valence-electron chi connectivity index (χ1n) is 6.78. The van der Waals surface area contributed by atoms with Crippen molar-refractivity contribution in [2.75, 3.05) is 0 Å². The van der Waals surface area contributed by atoms with Crippen LogP contribution in [0.3, 0.4) is 0 Å². The van der Waals surface area contributed by atoms with Gasteiger partial charge in [-0.25, -0.2) is 8.78 Å². The quantitative estimate of drug-likeness (QED) is 0.820. The fraction of sp³-hybridized carbons (Fsp3) is 0.250. The van der Waals surface area contributed by atoms with Crippen LogP contribution in [0.4, 0.5) is 8.78 Å². The summed E-state index contributed by atoms with van der Waals surface area (Å²) < 4.78 is 26.5. The molecule has 0 bridgehead atoms. The van der Waals surface area contributed by atoms with Gasteiger partial charge in [-0.3, -0.25) is 9.59 Å². The summed E-state index contributed by atoms with van der Waals surface area (Å²) in [4.78, 5) is 24.2. The number of amides is 1. The van der Waals surface area contributed by atoms with E-state index >= 15 is 0 Å². The molecule has 1 N–H and O–H groups in total. The van der Waals surface area contributed by atoms with Gasteiger partial charge in [0.05, 0.1) is 10.9 Å². The van der Waals surface area contributed by atoms with Gasteiger partial charge in [-0.15, -0.1) is 11.3 Å². The molecule has 3 nitrogen and oxygen atoms in total. The van der Waals surface area contributed by atoms with Crippen molar-refractivity contribution in [2.24, 2.45) is 0 Å². The third-order valence-electron chi connectivity index (χ3n) is 3.18. The maximum absolute atomic E-state index is 13.6. The highest BCUT2D eigenvalue weighted by atomic mass is 32.1. The van der Waals surface area contributed by atoms with Crippen molar-refractivity contribution in [3.05, 3.63) is 57.8 Å². The zero-order chi connectivity index (χ0) is 16.1. The van der Waals surface area contributed by atoms with E-state index in [4.69, 9.17) is 0 Å². The fourth-order valence-corrected chi connectivity index (χ4v) is 2.73. The predicted molar refractivity (Wildman–Crippen MR) is 80.8 cm³/mol. The number of benzene rings is 1. The number of hydrogen-bond acceptors (Lipinski definition) is 3. The minimum absolute atomic E-state index is 0.0316. The molecule has 1 unspecified atom stereocenters. The molecule has 1 amide bonds. The molecule has 0 aliphatic rings.